The SMILES string of the molecule is CC1CCCCN1C(=O)Cc1cn(CCCC(F)(F)F)c2nc(-c3ccc(Cl)cc3)cn2c1=O. The summed E-state index contributed by atoms with van der Waals surface area (Å²) in [5.74, 6) is 0.0863. The van der Waals surface area contributed by atoms with E-state index < -0.39 is 18.2 Å². The predicted molar refractivity (Wildman–Crippen MR) is 124 cm³/mol. The van der Waals surface area contributed by atoms with Gasteiger partial charge in [0.1, 0.15) is 0 Å². The fourth-order valence-corrected chi connectivity index (χ4v) is 4.53. The highest BCUT2D eigenvalue weighted by Crippen LogP contribution is 2.24. The Morgan fingerprint density at radius 2 is 1.91 bits per heavy atom. The van der Waals surface area contributed by atoms with Crippen LogP contribution in [0.5, 0.6) is 0 Å². The van der Waals surface area contributed by atoms with E-state index in [0.29, 0.717) is 22.8 Å². The van der Waals surface area contributed by atoms with Crippen molar-refractivity contribution in [3.63, 3.8) is 0 Å². The molecule has 1 saturated heterocycles. The number of piperidine rings is 1. The standard InChI is InChI=1S/C24H26ClF3N4O2/c1-16-5-2-3-12-31(16)21(33)13-18-14-30(11-4-10-24(26,27)28)23-29-20(15-32(23)22(18)34)17-6-8-19(25)9-7-17/h6-9,14-16H,2-5,10-13H2,1H3. The van der Waals surface area contributed by atoms with E-state index in [1.165, 1.54) is 15.2 Å². The van der Waals surface area contributed by atoms with Gasteiger partial charge in [0.15, 0.2) is 0 Å². The van der Waals surface area contributed by atoms with Gasteiger partial charge in [-0.15, -0.1) is 0 Å². The highest BCUT2D eigenvalue weighted by molar-refractivity contribution is 6.30. The van der Waals surface area contributed by atoms with E-state index in [0.717, 1.165) is 19.3 Å². The number of fused-ring (bicyclic) bond motifs is 1. The summed E-state index contributed by atoms with van der Waals surface area (Å²) in [6.45, 7) is 2.65. The molecule has 3 aromatic rings. The Morgan fingerprint density at radius 1 is 1.18 bits per heavy atom. The predicted octanol–water partition coefficient (Wildman–Crippen LogP) is 5.10. The maximum absolute atomic E-state index is 13.3. The van der Waals surface area contributed by atoms with Gasteiger partial charge >= 0.3 is 6.18 Å². The zero-order chi connectivity index (χ0) is 24.5. The van der Waals surface area contributed by atoms with Gasteiger partial charge in [0, 0.05) is 54.1 Å². The first-order valence-electron chi connectivity index (χ1n) is 11.4. The number of aryl methyl sites for hydroxylation is 1. The molecule has 1 atom stereocenters. The summed E-state index contributed by atoms with van der Waals surface area (Å²) in [4.78, 5) is 32.5. The highest BCUT2D eigenvalue weighted by Gasteiger charge is 2.27. The lowest BCUT2D eigenvalue weighted by molar-refractivity contribution is -0.136. The van der Waals surface area contributed by atoms with E-state index in [-0.39, 0.29) is 42.7 Å². The molecular formula is C24H26ClF3N4O2. The Kier molecular flexibility index (Phi) is 7.02. The Hall–Kier alpha value is -2.81. The Bertz CT molecular complexity index is 1230. The number of amides is 1. The quantitative estimate of drug-likeness (QED) is 0.479. The molecule has 1 unspecified atom stereocenters. The molecule has 0 saturated carbocycles. The van der Waals surface area contributed by atoms with Crippen LogP contribution in [0.4, 0.5) is 13.2 Å². The lowest BCUT2D eigenvalue weighted by atomic mass is 10.0. The van der Waals surface area contributed by atoms with Crippen molar-refractivity contribution < 1.29 is 18.0 Å². The summed E-state index contributed by atoms with van der Waals surface area (Å²) in [6, 6.07) is 7.00. The van der Waals surface area contributed by atoms with E-state index in [4.69, 9.17) is 11.6 Å². The van der Waals surface area contributed by atoms with E-state index in [1.807, 2.05) is 6.92 Å². The van der Waals surface area contributed by atoms with Crippen LogP contribution in [-0.2, 0) is 17.8 Å². The lowest BCUT2D eigenvalue weighted by Crippen LogP contribution is -2.43. The van der Waals surface area contributed by atoms with Crippen molar-refractivity contribution in [3.8, 4) is 11.3 Å². The van der Waals surface area contributed by atoms with Gasteiger partial charge in [-0.05, 0) is 44.7 Å². The van der Waals surface area contributed by atoms with Crippen LogP contribution in [0.1, 0.15) is 44.6 Å². The molecule has 1 fully saturated rings. The number of imidazole rings is 1. The van der Waals surface area contributed by atoms with Crippen molar-refractivity contribution in [2.45, 2.75) is 64.2 Å². The smallest absolute Gasteiger partial charge is 0.340 e. The van der Waals surface area contributed by atoms with E-state index in [1.54, 1.807) is 35.4 Å². The summed E-state index contributed by atoms with van der Waals surface area (Å²) < 4.78 is 41.1. The number of carbonyl (C=O) groups is 1. The van der Waals surface area contributed by atoms with Crippen molar-refractivity contribution in [2.75, 3.05) is 6.54 Å². The van der Waals surface area contributed by atoms with Gasteiger partial charge in [0.05, 0.1) is 12.1 Å². The molecule has 1 aromatic carbocycles. The molecule has 0 spiro atoms. The fourth-order valence-electron chi connectivity index (χ4n) is 4.41. The number of alkyl halides is 3. The summed E-state index contributed by atoms with van der Waals surface area (Å²) in [5.41, 5.74) is 1.05. The van der Waals surface area contributed by atoms with Crippen LogP contribution in [0.25, 0.3) is 17.0 Å². The highest BCUT2D eigenvalue weighted by atomic mass is 35.5. The molecule has 1 aliphatic heterocycles. The molecule has 0 N–H and O–H groups in total. The van der Waals surface area contributed by atoms with Gasteiger partial charge in [0.2, 0.25) is 11.7 Å². The third-order valence-corrected chi connectivity index (χ3v) is 6.47. The minimum Gasteiger partial charge on any atom is -0.340 e. The summed E-state index contributed by atoms with van der Waals surface area (Å²) in [5, 5.41) is 0.548. The Balaban J connectivity index is 1.71. The Labute approximate surface area is 200 Å². The molecule has 1 amide bonds. The molecule has 4 rings (SSSR count). The molecular weight excluding hydrogens is 469 g/mol. The number of hydrogen-bond donors (Lipinski definition) is 0. The molecule has 6 nitrogen and oxygen atoms in total. The van der Waals surface area contributed by atoms with E-state index in [2.05, 4.69) is 4.98 Å². The fraction of sp³-hybridized carbons (Fsp3) is 0.458. The maximum atomic E-state index is 13.3. The van der Waals surface area contributed by atoms with Gasteiger partial charge < -0.3 is 9.47 Å². The van der Waals surface area contributed by atoms with E-state index in [9.17, 15) is 22.8 Å². The normalized spacial score (nSPS) is 16.9. The topological polar surface area (TPSA) is 59.6 Å². The van der Waals surface area contributed by atoms with Crippen LogP contribution < -0.4 is 5.56 Å². The molecule has 0 bridgehead atoms. The van der Waals surface area contributed by atoms with E-state index >= 15 is 0 Å². The number of rotatable bonds is 6. The first-order chi connectivity index (χ1) is 16.1. The van der Waals surface area contributed by atoms with Crippen LogP contribution in [0.2, 0.25) is 5.02 Å². The zero-order valence-electron chi connectivity index (χ0n) is 18.8. The molecule has 34 heavy (non-hydrogen) atoms. The third kappa shape index (κ3) is 5.46. The van der Waals surface area contributed by atoms with Crippen molar-refractivity contribution >= 4 is 23.3 Å². The second-order valence-electron chi connectivity index (χ2n) is 8.78. The molecule has 182 valence electrons. The minimum absolute atomic E-state index is 0.0155. The third-order valence-electron chi connectivity index (χ3n) is 6.21. The molecule has 10 heteroatoms. The average molecular weight is 495 g/mol. The largest absolute Gasteiger partial charge is 0.389 e. The van der Waals surface area contributed by atoms with Crippen molar-refractivity contribution in [2.24, 2.45) is 0 Å². The van der Waals surface area contributed by atoms with Gasteiger partial charge in [-0.2, -0.15) is 13.2 Å². The molecule has 3 heterocycles. The minimum atomic E-state index is -4.28. The van der Waals surface area contributed by atoms with Gasteiger partial charge in [0.25, 0.3) is 5.56 Å². The van der Waals surface area contributed by atoms with Crippen LogP contribution in [0.15, 0.2) is 41.5 Å². The van der Waals surface area contributed by atoms with Crippen molar-refractivity contribution in [1.82, 2.24) is 18.9 Å². The number of benzene rings is 1. The molecule has 2 aromatic heterocycles. The summed E-state index contributed by atoms with van der Waals surface area (Å²) in [6.07, 6.45) is 0.441. The van der Waals surface area contributed by atoms with Gasteiger partial charge in [-0.1, -0.05) is 23.7 Å². The second kappa shape index (κ2) is 9.82. The first kappa shape index (κ1) is 24.3. The van der Waals surface area contributed by atoms with Crippen LogP contribution >= 0.6 is 11.6 Å². The summed E-state index contributed by atoms with van der Waals surface area (Å²) >= 11 is 5.96. The molecule has 0 radical (unpaired) electrons. The first-order valence-corrected chi connectivity index (χ1v) is 11.7. The monoisotopic (exact) mass is 494 g/mol. The van der Waals surface area contributed by atoms with Crippen LogP contribution in [0.3, 0.4) is 0 Å². The van der Waals surface area contributed by atoms with Crippen LogP contribution in [-0.4, -0.2) is 43.5 Å². The van der Waals surface area contributed by atoms with Crippen molar-refractivity contribution in [1.29, 1.82) is 0 Å². The second-order valence-corrected chi connectivity index (χ2v) is 9.22. The van der Waals surface area contributed by atoms with Crippen molar-refractivity contribution in [3.05, 3.63) is 57.6 Å². The van der Waals surface area contributed by atoms with Gasteiger partial charge in [-0.25, -0.2) is 4.98 Å². The summed E-state index contributed by atoms with van der Waals surface area (Å²) in [7, 11) is 0. The maximum Gasteiger partial charge on any atom is 0.389 e. The number of halogens is 4. The Morgan fingerprint density at radius 3 is 2.59 bits per heavy atom. The number of aromatic nitrogens is 3. The molecule has 0 aliphatic carbocycles. The number of nitrogens with zero attached hydrogens (tertiary/aromatic N) is 4. The van der Waals surface area contributed by atoms with Gasteiger partial charge in [-0.3, -0.25) is 14.0 Å². The number of likely N-dealkylation sites (tertiary alicyclic amines) is 1. The molecule has 1 aliphatic rings. The number of carbonyl (C=O) groups excluding carboxylic acids is 1. The van der Waals surface area contributed by atoms with Crippen LogP contribution in [0, 0.1) is 0 Å². The lowest BCUT2D eigenvalue weighted by Gasteiger charge is -2.33. The number of hydrogen-bond acceptors (Lipinski definition) is 3. The zero-order valence-corrected chi connectivity index (χ0v) is 19.6. The average Bonchev–Trinajstić information content (AvgIpc) is 3.22.